The standard InChI is InChI=1S/C23H25N3O4/c1-2-3-5-12-17(16-10-6-4-7-11-16)22-25-20(26-30-22)15-21(27)24-19-14-9-8-13-18(19)23(28)29/h4,6-11,13-14,17H,2-3,5,12,15H2,1H3,(H,24,27)(H,28,29). The fourth-order valence-electron chi connectivity index (χ4n) is 3.31. The lowest BCUT2D eigenvalue weighted by Gasteiger charge is -2.12. The third-order valence-electron chi connectivity index (χ3n) is 4.83. The van der Waals surface area contributed by atoms with Crippen LogP contribution in [0.15, 0.2) is 59.1 Å². The van der Waals surface area contributed by atoms with Crippen LogP contribution in [-0.4, -0.2) is 27.1 Å². The number of anilines is 1. The van der Waals surface area contributed by atoms with Gasteiger partial charge >= 0.3 is 5.97 Å². The SMILES string of the molecule is CCCCCC(c1ccccc1)c1nc(CC(=O)Nc2ccccc2C(=O)O)no1. The first kappa shape index (κ1) is 21.2. The second-order valence-electron chi connectivity index (χ2n) is 7.08. The first-order chi connectivity index (χ1) is 14.6. The summed E-state index contributed by atoms with van der Waals surface area (Å²) in [5.41, 5.74) is 1.36. The maximum Gasteiger partial charge on any atom is 0.337 e. The van der Waals surface area contributed by atoms with Gasteiger partial charge in [-0.1, -0.05) is 73.8 Å². The number of aromatic carboxylic acids is 1. The monoisotopic (exact) mass is 407 g/mol. The van der Waals surface area contributed by atoms with E-state index in [4.69, 9.17) is 4.52 Å². The summed E-state index contributed by atoms with van der Waals surface area (Å²) in [5, 5.41) is 15.8. The summed E-state index contributed by atoms with van der Waals surface area (Å²) in [7, 11) is 0. The van der Waals surface area contributed by atoms with E-state index in [1.54, 1.807) is 18.2 Å². The Kier molecular flexibility index (Phi) is 7.32. The van der Waals surface area contributed by atoms with Crippen LogP contribution in [0.25, 0.3) is 0 Å². The molecule has 0 aliphatic heterocycles. The van der Waals surface area contributed by atoms with E-state index in [0.29, 0.717) is 5.89 Å². The zero-order valence-electron chi connectivity index (χ0n) is 16.9. The summed E-state index contributed by atoms with van der Waals surface area (Å²) >= 11 is 0. The average Bonchev–Trinajstić information content (AvgIpc) is 3.20. The van der Waals surface area contributed by atoms with Gasteiger partial charge in [-0.2, -0.15) is 4.98 Å². The molecule has 0 spiro atoms. The highest BCUT2D eigenvalue weighted by Crippen LogP contribution is 2.29. The van der Waals surface area contributed by atoms with Crippen molar-refractivity contribution in [3.63, 3.8) is 0 Å². The molecule has 1 amide bonds. The van der Waals surface area contributed by atoms with E-state index in [1.807, 2.05) is 30.3 Å². The van der Waals surface area contributed by atoms with Crippen LogP contribution in [0.1, 0.15) is 66.2 Å². The Morgan fingerprint density at radius 3 is 2.53 bits per heavy atom. The molecule has 0 aliphatic rings. The molecule has 0 aliphatic carbocycles. The average molecular weight is 407 g/mol. The maximum absolute atomic E-state index is 12.4. The number of carbonyl (C=O) groups excluding carboxylic acids is 1. The molecule has 1 unspecified atom stereocenters. The number of hydrogen-bond donors (Lipinski definition) is 2. The van der Waals surface area contributed by atoms with E-state index in [1.165, 1.54) is 6.07 Å². The quantitative estimate of drug-likeness (QED) is 0.474. The molecule has 0 bridgehead atoms. The molecule has 7 heteroatoms. The smallest absolute Gasteiger partial charge is 0.337 e. The lowest BCUT2D eigenvalue weighted by Crippen LogP contribution is -2.17. The fraction of sp³-hybridized carbons (Fsp3) is 0.304. The Bertz CT molecular complexity index is 985. The van der Waals surface area contributed by atoms with Crippen LogP contribution in [0, 0.1) is 0 Å². The first-order valence-electron chi connectivity index (χ1n) is 10.1. The number of nitrogens with one attached hydrogen (secondary N) is 1. The summed E-state index contributed by atoms with van der Waals surface area (Å²) < 4.78 is 5.49. The van der Waals surface area contributed by atoms with Crippen molar-refractivity contribution in [2.24, 2.45) is 0 Å². The van der Waals surface area contributed by atoms with Crippen LogP contribution in [0.5, 0.6) is 0 Å². The van der Waals surface area contributed by atoms with E-state index < -0.39 is 11.9 Å². The predicted octanol–water partition coefficient (Wildman–Crippen LogP) is 4.66. The second-order valence-corrected chi connectivity index (χ2v) is 7.08. The molecule has 2 aromatic carbocycles. The second kappa shape index (κ2) is 10.3. The van der Waals surface area contributed by atoms with Gasteiger partial charge in [-0.05, 0) is 24.1 Å². The molecule has 1 heterocycles. The minimum Gasteiger partial charge on any atom is -0.478 e. The zero-order valence-corrected chi connectivity index (χ0v) is 16.9. The number of unbranched alkanes of at least 4 members (excludes halogenated alkanes) is 2. The van der Waals surface area contributed by atoms with Gasteiger partial charge in [0.25, 0.3) is 0 Å². The predicted molar refractivity (Wildman–Crippen MR) is 112 cm³/mol. The molecule has 0 saturated carbocycles. The van der Waals surface area contributed by atoms with E-state index in [-0.39, 0.29) is 29.4 Å². The summed E-state index contributed by atoms with van der Waals surface area (Å²) in [4.78, 5) is 28.1. The maximum atomic E-state index is 12.4. The number of nitrogens with zero attached hydrogens (tertiary/aromatic N) is 2. The van der Waals surface area contributed by atoms with Crippen LogP contribution in [0.3, 0.4) is 0 Å². The van der Waals surface area contributed by atoms with E-state index >= 15 is 0 Å². The van der Waals surface area contributed by atoms with Gasteiger partial charge in [0.1, 0.15) is 0 Å². The van der Waals surface area contributed by atoms with Crippen molar-refractivity contribution >= 4 is 17.6 Å². The van der Waals surface area contributed by atoms with Gasteiger partial charge in [0.2, 0.25) is 11.8 Å². The van der Waals surface area contributed by atoms with Gasteiger partial charge in [-0.25, -0.2) is 4.79 Å². The Hall–Kier alpha value is -3.48. The third-order valence-corrected chi connectivity index (χ3v) is 4.83. The number of aromatic nitrogens is 2. The molecule has 2 N–H and O–H groups in total. The molecule has 0 fully saturated rings. The molecular formula is C23H25N3O4. The van der Waals surface area contributed by atoms with Gasteiger partial charge in [-0.15, -0.1) is 0 Å². The van der Waals surface area contributed by atoms with Crippen molar-refractivity contribution in [1.29, 1.82) is 0 Å². The molecule has 156 valence electrons. The highest BCUT2D eigenvalue weighted by Gasteiger charge is 2.22. The normalized spacial score (nSPS) is 11.8. The Labute approximate surface area is 175 Å². The van der Waals surface area contributed by atoms with Crippen LogP contribution < -0.4 is 5.32 Å². The topological polar surface area (TPSA) is 105 Å². The number of carbonyl (C=O) groups is 2. The summed E-state index contributed by atoms with van der Waals surface area (Å²) in [6.45, 7) is 2.16. The Morgan fingerprint density at radius 1 is 1.07 bits per heavy atom. The Balaban J connectivity index is 1.71. The third kappa shape index (κ3) is 5.53. The van der Waals surface area contributed by atoms with Gasteiger partial charge in [0.05, 0.1) is 23.6 Å². The number of carboxylic acids is 1. The van der Waals surface area contributed by atoms with Crippen LogP contribution in [0.4, 0.5) is 5.69 Å². The molecule has 1 aromatic heterocycles. The molecule has 3 rings (SSSR count). The van der Waals surface area contributed by atoms with Gasteiger partial charge in [0, 0.05) is 0 Å². The summed E-state index contributed by atoms with van der Waals surface area (Å²) in [6.07, 6.45) is 4.07. The highest BCUT2D eigenvalue weighted by molar-refractivity contribution is 6.00. The number of amides is 1. The van der Waals surface area contributed by atoms with E-state index in [2.05, 4.69) is 22.4 Å². The minimum atomic E-state index is -1.11. The number of rotatable bonds is 10. The number of carboxylic acid groups (broad SMARTS) is 1. The minimum absolute atomic E-state index is 0.0187. The van der Waals surface area contributed by atoms with Crippen molar-refractivity contribution in [3.8, 4) is 0 Å². The molecule has 3 aromatic rings. The number of benzene rings is 2. The van der Waals surface area contributed by atoms with Crippen molar-refractivity contribution in [2.75, 3.05) is 5.32 Å². The van der Waals surface area contributed by atoms with Gasteiger partial charge in [0.15, 0.2) is 5.82 Å². The van der Waals surface area contributed by atoms with Crippen LogP contribution >= 0.6 is 0 Å². The van der Waals surface area contributed by atoms with Crippen molar-refractivity contribution in [2.45, 2.75) is 44.9 Å². The fourth-order valence-corrected chi connectivity index (χ4v) is 3.31. The highest BCUT2D eigenvalue weighted by atomic mass is 16.5. The Morgan fingerprint density at radius 2 is 1.80 bits per heavy atom. The van der Waals surface area contributed by atoms with Crippen molar-refractivity contribution in [1.82, 2.24) is 10.1 Å². The molecular weight excluding hydrogens is 382 g/mol. The van der Waals surface area contributed by atoms with Gasteiger partial charge < -0.3 is 14.9 Å². The van der Waals surface area contributed by atoms with E-state index in [9.17, 15) is 14.7 Å². The first-order valence-corrected chi connectivity index (χ1v) is 10.1. The van der Waals surface area contributed by atoms with Gasteiger partial charge in [-0.3, -0.25) is 4.79 Å². The number of para-hydroxylation sites is 1. The lowest BCUT2D eigenvalue weighted by atomic mass is 9.93. The summed E-state index contributed by atoms with van der Waals surface area (Å²) in [6, 6.07) is 16.2. The van der Waals surface area contributed by atoms with Crippen molar-refractivity contribution in [3.05, 3.63) is 77.4 Å². The van der Waals surface area contributed by atoms with Crippen molar-refractivity contribution < 1.29 is 19.2 Å². The van der Waals surface area contributed by atoms with E-state index in [0.717, 1.165) is 31.2 Å². The summed E-state index contributed by atoms with van der Waals surface area (Å²) in [5.74, 6) is -0.767. The zero-order chi connectivity index (χ0) is 21.3. The molecule has 0 radical (unpaired) electrons. The number of hydrogen-bond acceptors (Lipinski definition) is 5. The lowest BCUT2D eigenvalue weighted by molar-refractivity contribution is -0.115. The van der Waals surface area contributed by atoms with Crippen LogP contribution in [-0.2, 0) is 11.2 Å². The largest absolute Gasteiger partial charge is 0.478 e. The molecule has 30 heavy (non-hydrogen) atoms. The molecule has 1 atom stereocenters. The molecule has 7 nitrogen and oxygen atoms in total. The molecule has 0 saturated heterocycles. The van der Waals surface area contributed by atoms with Crippen LogP contribution in [0.2, 0.25) is 0 Å².